The Morgan fingerprint density at radius 1 is 0.984 bits per heavy atom. The summed E-state index contributed by atoms with van der Waals surface area (Å²) >= 11 is 6.27. The third-order valence-electron chi connectivity index (χ3n) is 13.2. The summed E-state index contributed by atoms with van der Waals surface area (Å²) in [6.07, 6.45) is 12.5. The standard InChI is InChI=1S/C48H59ClN8O6S/c1-48(2)19-16-36(41(29-48)34-6-8-37(49)9-7-34)32-54-21-23-55(24-22-54)38-10-12-40(44(27-38)56-20-4-5-35-31-52-46(50-3)15-14-43(35)56)47(58)53-64(61,62)39-11-13-42(45(28-39)57(59)60)51-30-33-17-25-63-26-18-33/h6-15,27-28,31,33,50-52H,4-5,16-26,29-30,32H2,1-3H3,(H,53,58). The van der Waals surface area contributed by atoms with Gasteiger partial charge in [0.1, 0.15) is 11.5 Å². The van der Waals surface area contributed by atoms with Gasteiger partial charge in [-0.1, -0.05) is 43.2 Å². The maximum Gasteiger partial charge on any atom is 0.293 e. The van der Waals surface area contributed by atoms with Gasteiger partial charge in [-0.15, -0.1) is 0 Å². The van der Waals surface area contributed by atoms with E-state index in [0.29, 0.717) is 32.0 Å². The fourth-order valence-corrected chi connectivity index (χ4v) is 10.5. The van der Waals surface area contributed by atoms with E-state index in [-0.39, 0.29) is 33.2 Å². The zero-order chi connectivity index (χ0) is 45.0. The molecule has 0 atom stereocenters. The molecule has 0 bridgehead atoms. The van der Waals surface area contributed by atoms with Crippen molar-refractivity contribution in [3.8, 4) is 0 Å². The number of nitrogens with zero attached hydrogens (tertiary/aromatic N) is 4. The van der Waals surface area contributed by atoms with Gasteiger partial charge in [0.2, 0.25) is 0 Å². The summed E-state index contributed by atoms with van der Waals surface area (Å²) in [4.78, 5) is 32.5. The zero-order valence-corrected chi connectivity index (χ0v) is 38.5. The first-order valence-electron chi connectivity index (χ1n) is 22.4. The molecule has 3 fully saturated rings. The second-order valence-electron chi connectivity index (χ2n) is 18.2. The Kier molecular flexibility index (Phi) is 13.7. The second kappa shape index (κ2) is 19.4. The van der Waals surface area contributed by atoms with Crippen molar-refractivity contribution in [2.75, 3.05) is 81.2 Å². The molecule has 0 radical (unpaired) electrons. The lowest BCUT2D eigenvalue weighted by atomic mass is 9.72. The number of benzene rings is 3. The molecule has 14 nitrogen and oxygen atoms in total. The first kappa shape index (κ1) is 45.2. The van der Waals surface area contributed by atoms with Crippen LogP contribution in [0.15, 0.2) is 107 Å². The number of piperidine rings is 1. The summed E-state index contributed by atoms with van der Waals surface area (Å²) in [6.45, 7) is 11.2. The van der Waals surface area contributed by atoms with Gasteiger partial charge < -0.3 is 30.5 Å². The number of nitro groups is 1. The van der Waals surface area contributed by atoms with Crippen molar-refractivity contribution in [2.45, 2.75) is 63.7 Å². The third kappa shape index (κ3) is 10.4. The molecule has 3 aromatic carbocycles. The number of piperazine rings is 1. The molecule has 1 aliphatic carbocycles. The Morgan fingerprint density at radius 3 is 2.48 bits per heavy atom. The lowest BCUT2D eigenvalue weighted by Gasteiger charge is -2.40. The normalized spacial score (nSPS) is 19.7. The molecule has 0 saturated carbocycles. The average Bonchev–Trinajstić information content (AvgIpc) is 3.52. The fraction of sp³-hybridized carbons (Fsp3) is 0.438. The number of ether oxygens (including phenoxy) is 1. The van der Waals surface area contributed by atoms with E-state index in [4.69, 9.17) is 16.3 Å². The Balaban J connectivity index is 1.04. The number of nitrogens with one attached hydrogen (secondary N) is 4. The number of hydrogen-bond acceptors (Lipinski definition) is 12. The lowest BCUT2D eigenvalue weighted by molar-refractivity contribution is -0.384. The van der Waals surface area contributed by atoms with Crippen molar-refractivity contribution in [3.63, 3.8) is 0 Å². The van der Waals surface area contributed by atoms with E-state index in [9.17, 15) is 23.3 Å². The van der Waals surface area contributed by atoms with Crippen molar-refractivity contribution in [1.82, 2.24) is 20.3 Å². The molecule has 4 N–H and O–H groups in total. The second-order valence-corrected chi connectivity index (χ2v) is 20.3. The summed E-state index contributed by atoms with van der Waals surface area (Å²) in [6, 6.07) is 17.5. The van der Waals surface area contributed by atoms with Crippen LogP contribution in [-0.2, 0) is 14.8 Å². The minimum absolute atomic E-state index is 0.175. The molecule has 4 aliphatic heterocycles. The number of fused-ring (bicyclic) bond motifs is 1. The summed E-state index contributed by atoms with van der Waals surface area (Å²) in [5, 5.41) is 22.5. The summed E-state index contributed by atoms with van der Waals surface area (Å²) in [7, 11) is -2.69. The molecule has 3 saturated heterocycles. The molecule has 0 spiro atoms. The van der Waals surface area contributed by atoms with Crippen LogP contribution in [0.2, 0.25) is 5.02 Å². The highest BCUT2D eigenvalue weighted by Crippen LogP contribution is 2.44. The van der Waals surface area contributed by atoms with Crippen LogP contribution in [0, 0.1) is 21.4 Å². The summed E-state index contributed by atoms with van der Waals surface area (Å²) in [5.74, 6) is 0.272. The SMILES string of the molecule is CNC1=CC=C2C(=CN1)CCCN2c1cc(N2CCN(CC3=C(c4ccc(Cl)cc4)CC(C)(C)CC3)CC2)ccc1C(=O)NS(=O)(=O)c1ccc(NCC2CCOCC2)c([N+](=O)[O-])c1. The smallest absolute Gasteiger partial charge is 0.293 e. The number of hydrogen-bond donors (Lipinski definition) is 4. The number of amides is 1. The minimum Gasteiger partial charge on any atom is -0.381 e. The van der Waals surface area contributed by atoms with Crippen LogP contribution >= 0.6 is 11.6 Å². The Labute approximate surface area is 381 Å². The average molecular weight is 912 g/mol. The predicted octanol–water partition coefficient (Wildman–Crippen LogP) is 8.02. The van der Waals surface area contributed by atoms with Gasteiger partial charge in [-0.2, -0.15) is 0 Å². The Hall–Kier alpha value is -5.35. The van der Waals surface area contributed by atoms with Gasteiger partial charge in [0.15, 0.2) is 0 Å². The van der Waals surface area contributed by atoms with E-state index in [0.717, 1.165) is 112 Å². The molecule has 3 aromatic rings. The first-order chi connectivity index (χ1) is 30.8. The maximum atomic E-state index is 14.3. The van der Waals surface area contributed by atoms with Crippen molar-refractivity contribution >= 4 is 55.9 Å². The molecule has 340 valence electrons. The number of sulfonamides is 1. The fourth-order valence-electron chi connectivity index (χ4n) is 9.42. The summed E-state index contributed by atoms with van der Waals surface area (Å²) in [5.41, 5.74) is 7.88. The van der Waals surface area contributed by atoms with Crippen LogP contribution in [0.25, 0.3) is 5.57 Å². The largest absolute Gasteiger partial charge is 0.381 e. The van der Waals surface area contributed by atoms with E-state index < -0.39 is 20.9 Å². The topological polar surface area (TPSA) is 161 Å². The van der Waals surface area contributed by atoms with Crippen LogP contribution in [-0.4, -0.2) is 90.2 Å². The monoisotopic (exact) mass is 910 g/mol. The molecule has 8 rings (SSSR count). The van der Waals surface area contributed by atoms with Gasteiger partial charge >= 0.3 is 0 Å². The predicted molar refractivity (Wildman–Crippen MR) is 254 cm³/mol. The maximum absolute atomic E-state index is 14.3. The molecule has 0 unspecified atom stereocenters. The summed E-state index contributed by atoms with van der Waals surface area (Å²) < 4.78 is 35.5. The Morgan fingerprint density at radius 2 is 1.75 bits per heavy atom. The van der Waals surface area contributed by atoms with Crippen LogP contribution in [0.4, 0.5) is 22.7 Å². The molecule has 64 heavy (non-hydrogen) atoms. The van der Waals surface area contributed by atoms with Crippen molar-refractivity contribution < 1.29 is 22.9 Å². The van der Waals surface area contributed by atoms with E-state index >= 15 is 0 Å². The minimum atomic E-state index is -4.53. The zero-order valence-electron chi connectivity index (χ0n) is 36.9. The highest BCUT2D eigenvalue weighted by molar-refractivity contribution is 7.90. The van der Waals surface area contributed by atoms with E-state index in [2.05, 4.69) is 61.4 Å². The quantitative estimate of drug-likeness (QED) is 0.0968. The van der Waals surface area contributed by atoms with Gasteiger partial charge in [-0.05, 0) is 128 Å². The number of nitro benzene ring substituents is 1. The van der Waals surface area contributed by atoms with Crippen LogP contribution in [0.5, 0.6) is 0 Å². The number of rotatable bonds is 13. The van der Waals surface area contributed by atoms with Gasteiger partial charge in [-0.25, -0.2) is 13.1 Å². The van der Waals surface area contributed by atoms with Gasteiger partial charge in [0.05, 0.1) is 21.1 Å². The Bertz CT molecular complexity index is 2490. The van der Waals surface area contributed by atoms with Crippen molar-refractivity contribution in [2.24, 2.45) is 11.3 Å². The number of halogens is 1. The molecule has 1 amide bonds. The number of carbonyl (C=O) groups excluding carboxylic acids is 1. The lowest BCUT2D eigenvalue weighted by Crippen LogP contribution is -2.47. The highest BCUT2D eigenvalue weighted by atomic mass is 35.5. The molecular weight excluding hydrogens is 852 g/mol. The van der Waals surface area contributed by atoms with E-state index in [1.807, 2.05) is 49.7 Å². The number of anilines is 3. The highest BCUT2D eigenvalue weighted by Gasteiger charge is 2.32. The molecular formula is C48H59ClN8O6S. The van der Waals surface area contributed by atoms with Crippen LogP contribution < -0.4 is 30.5 Å². The molecule has 5 aliphatic rings. The van der Waals surface area contributed by atoms with Crippen LogP contribution in [0.1, 0.15) is 74.7 Å². The molecule has 4 heterocycles. The van der Waals surface area contributed by atoms with Gasteiger partial charge in [-0.3, -0.25) is 19.8 Å². The van der Waals surface area contributed by atoms with Gasteiger partial charge in [0.25, 0.3) is 21.6 Å². The van der Waals surface area contributed by atoms with Crippen molar-refractivity contribution in [1.29, 1.82) is 0 Å². The van der Waals surface area contributed by atoms with E-state index in [1.165, 1.54) is 28.8 Å². The molecule has 0 aromatic heterocycles. The van der Waals surface area contributed by atoms with E-state index in [1.54, 1.807) is 6.07 Å². The van der Waals surface area contributed by atoms with Crippen LogP contribution in [0.3, 0.4) is 0 Å². The first-order valence-corrected chi connectivity index (χ1v) is 24.2. The third-order valence-corrected chi connectivity index (χ3v) is 14.8. The van der Waals surface area contributed by atoms with Crippen molar-refractivity contribution in [3.05, 3.63) is 128 Å². The number of allylic oxidation sites excluding steroid dienone is 4. The number of carbonyl (C=O) groups is 1. The molecule has 16 heteroatoms. The van der Waals surface area contributed by atoms with Gasteiger partial charge in [0, 0.05) is 94.7 Å².